The second-order valence-corrected chi connectivity index (χ2v) is 8.68. The van der Waals surface area contributed by atoms with E-state index < -0.39 is 0 Å². The van der Waals surface area contributed by atoms with E-state index in [0.717, 1.165) is 44.9 Å². The molecular weight excluding hydrogens is 312 g/mol. The Morgan fingerprint density at radius 1 is 1.16 bits per heavy atom. The molecule has 1 fully saturated rings. The normalized spacial score (nSPS) is 20.0. The van der Waals surface area contributed by atoms with E-state index in [1.807, 2.05) is 0 Å². The molecule has 0 aromatic heterocycles. The van der Waals surface area contributed by atoms with Gasteiger partial charge < -0.3 is 9.84 Å². The molecule has 0 amide bonds. The molecule has 0 saturated carbocycles. The molecule has 1 aromatic carbocycles. The number of methoxy groups -OCH3 is 1. The first-order valence-corrected chi connectivity index (χ1v) is 9.45. The van der Waals surface area contributed by atoms with E-state index in [1.54, 1.807) is 7.11 Å². The monoisotopic (exact) mass is 348 g/mol. The highest BCUT2D eigenvalue weighted by Crippen LogP contribution is 2.26. The molecule has 1 saturated heterocycles. The van der Waals surface area contributed by atoms with Gasteiger partial charge in [-0.2, -0.15) is 0 Å². The van der Waals surface area contributed by atoms with Gasteiger partial charge in [-0.1, -0.05) is 26.8 Å². The third-order valence-electron chi connectivity index (χ3n) is 5.08. The highest BCUT2D eigenvalue weighted by atomic mass is 16.5. The van der Waals surface area contributed by atoms with Gasteiger partial charge in [-0.15, -0.1) is 0 Å². The minimum atomic E-state index is 0.264. The Morgan fingerprint density at radius 2 is 1.88 bits per heavy atom. The van der Waals surface area contributed by atoms with Gasteiger partial charge in [-0.05, 0) is 48.4 Å². The summed E-state index contributed by atoms with van der Waals surface area (Å²) in [5.74, 6) is 0.967. The molecule has 142 valence electrons. The Morgan fingerprint density at radius 3 is 2.48 bits per heavy atom. The zero-order valence-corrected chi connectivity index (χ0v) is 16.9. The standard InChI is InChI=1S/C21H36N2O2/c1-16-12-20(25-6)17(2)11-18(16)13-22-8-9-23(15-21(3,4)5)19(14-22)7-10-24/h11-12,19,24H,7-10,13-15H2,1-6H3/t19-/m0/s1. The zero-order chi connectivity index (χ0) is 18.6. The van der Waals surface area contributed by atoms with Crippen molar-refractivity contribution in [3.63, 3.8) is 0 Å². The molecule has 4 nitrogen and oxygen atoms in total. The minimum absolute atomic E-state index is 0.264. The molecule has 1 N–H and O–H groups in total. The maximum absolute atomic E-state index is 9.49. The molecule has 0 spiro atoms. The van der Waals surface area contributed by atoms with Crippen molar-refractivity contribution in [1.29, 1.82) is 0 Å². The van der Waals surface area contributed by atoms with Gasteiger partial charge in [0.15, 0.2) is 0 Å². The Labute approximate surface area is 153 Å². The summed E-state index contributed by atoms with van der Waals surface area (Å²) >= 11 is 0. The highest BCUT2D eigenvalue weighted by Gasteiger charge is 2.29. The van der Waals surface area contributed by atoms with Gasteiger partial charge in [0, 0.05) is 45.4 Å². The molecule has 0 aliphatic carbocycles. The lowest BCUT2D eigenvalue weighted by Crippen LogP contribution is -2.54. The number of piperazine rings is 1. The van der Waals surface area contributed by atoms with E-state index in [2.05, 4.69) is 56.6 Å². The Kier molecular flexibility index (Phi) is 6.89. The van der Waals surface area contributed by atoms with Gasteiger partial charge in [0.05, 0.1) is 7.11 Å². The summed E-state index contributed by atoms with van der Waals surface area (Å²) in [5.41, 5.74) is 4.16. The van der Waals surface area contributed by atoms with E-state index in [4.69, 9.17) is 4.74 Å². The SMILES string of the molecule is COc1cc(C)c(CN2CCN(CC(C)(C)C)[C@@H](CCO)C2)cc1C. The number of rotatable bonds is 6. The summed E-state index contributed by atoms with van der Waals surface area (Å²) in [4.78, 5) is 5.10. The van der Waals surface area contributed by atoms with Crippen LogP contribution in [0, 0.1) is 19.3 Å². The van der Waals surface area contributed by atoms with Crippen molar-refractivity contribution in [2.24, 2.45) is 5.41 Å². The van der Waals surface area contributed by atoms with Crippen molar-refractivity contribution in [2.75, 3.05) is 39.9 Å². The number of hydrogen-bond acceptors (Lipinski definition) is 4. The molecule has 1 aliphatic heterocycles. The number of nitrogens with zero attached hydrogens (tertiary/aromatic N) is 2. The number of ether oxygens (including phenoxy) is 1. The predicted molar refractivity (Wildman–Crippen MR) is 104 cm³/mol. The fourth-order valence-corrected chi connectivity index (χ4v) is 3.82. The predicted octanol–water partition coefficient (Wildman–Crippen LogP) is 3.23. The number of benzene rings is 1. The molecule has 2 rings (SSSR count). The van der Waals surface area contributed by atoms with Crippen LogP contribution in [0.1, 0.15) is 43.9 Å². The molecule has 25 heavy (non-hydrogen) atoms. The fourth-order valence-electron chi connectivity index (χ4n) is 3.82. The molecule has 0 unspecified atom stereocenters. The van der Waals surface area contributed by atoms with Gasteiger partial charge in [0.25, 0.3) is 0 Å². The second-order valence-electron chi connectivity index (χ2n) is 8.68. The molecule has 1 aliphatic rings. The van der Waals surface area contributed by atoms with E-state index in [0.29, 0.717) is 11.5 Å². The molecule has 1 atom stereocenters. The summed E-state index contributed by atoms with van der Waals surface area (Å²) in [7, 11) is 1.73. The van der Waals surface area contributed by atoms with Crippen LogP contribution in [0.25, 0.3) is 0 Å². The zero-order valence-electron chi connectivity index (χ0n) is 16.9. The number of hydrogen-bond donors (Lipinski definition) is 1. The summed E-state index contributed by atoms with van der Waals surface area (Å²) in [6.07, 6.45) is 0.854. The third kappa shape index (κ3) is 5.70. The van der Waals surface area contributed by atoms with Crippen LogP contribution in [0.15, 0.2) is 12.1 Å². The largest absolute Gasteiger partial charge is 0.496 e. The lowest BCUT2D eigenvalue weighted by atomic mass is 9.94. The smallest absolute Gasteiger partial charge is 0.122 e. The fraction of sp³-hybridized carbons (Fsp3) is 0.714. The lowest BCUT2D eigenvalue weighted by Gasteiger charge is -2.44. The third-order valence-corrected chi connectivity index (χ3v) is 5.08. The summed E-state index contributed by atoms with van der Waals surface area (Å²) in [6.45, 7) is 16.7. The average molecular weight is 349 g/mol. The van der Waals surface area contributed by atoms with Crippen LogP contribution in [0.3, 0.4) is 0 Å². The van der Waals surface area contributed by atoms with Crippen LogP contribution >= 0.6 is 0 Å². The first-order valence-electron chi connectivity index (χ1n) is 9.45. The minimum Gasteiger partial charge on any atom is -0.496 e. The van der Waals surface area contributed by atoms with Gasteiger partial charge in [0.1, 0.15) is 5.75 Å². The van der Waals surface area contributed by atoms with Crippen LogP contribution in [-0.2, 0) is 6.54 Å². The van der Waals surface area contributed by atoms with Crippen LogP contribution in [-0.4, -0.2) is 60.8 Å². The number of aliphatic hydroxyl groups is 1. The van der Waals surface area contributed by atoms with Crippen molar-refractivity contribution in [2.45, 2.75) is 53.6 Å². The topological polar surface area (TPSA) is 35.9 Å². The first kappa shape index (κ1) is 20.2. The van der Waals surface area contributed by atoms with Crippen molar-refractivity contribution >= 4 is 0 Å². The second kappa shape index (κ2) is 8.52. The van der Waals surface area contributed by atoms with Crippen LogP contribution in [0.5, 0.6) is 5.75 Å². The van der Waals surface area contributed by atoms with Crippen molar-refractivity contribution in [3.05, 3.63) is 28.8 Å². The van der Waals surface area contributed by atoms with Crippen molar-refractivity contribution < 1.29 is 9.84 Å². The maximum atomic E-state index is 9.49. The maximum Gasteiger partial charge on any atom is 0.122 e. The quantitative estimate of drug-likeness (QED) is 0.856. The summed E-state index contributed by atoms with van der Waals surface area (Å²) < 4.78 is 5.43. The summed E-state index contributed by atoms with van der Waals surface area (Å²) in [6, 6.07) is 4.85. The van der Waals surface area contributed by atoms with Crippen LogP contribution in [0.2, 0.25) is 0 Å². The molecular formula is C21H36N2O2. The highest BCUT2D eigenvalue weighted by molar-refractivity contribution is 5.41. The molecule has 1 heterocycles. The molecule has 1 aromatic rings. The first-order chi connectivity index (χ1) is 11.7. The van der Waals surface area contributed by atoms with E-state index in [-0.39, 0.29) is 6.61 Å². The number of aryl methyl sites for hydroxylation is 2. The molecule has 0 bridgehead atoms. The van der Waals surface area contributed by atoms with Crippen molar-refractivity contribution in [1.82, 2.24) is 9.80 Å². The van der Waals surface area contributed by atoms with Gasteiger partial charge in [0.2, 0.25) is 0 Å². The van der Waals surface area contributed by atoms with Gasteiger partial charge in [-0.3, -0.25) is 9.80 Å². The molecule has 4 heteroatoms. The Balaban J connectivity index is 2.06. The molecule has 0 radical (unpaired) electrons. The lowest BCUT2D eigenvalue weighted by molar-refractivity contribution is 0.0339. The van der Waals surface area contributed by atoms with Gasteiger partial charge >= 0.3 is 0 Å². The number of aliphatic hydroxyl groups excluding tert-OH is 1. The Hall–Kier alpha value is -1.10. The van der Waals surface area contributed by atoms with E-state index >= 15 is 0 Å². The van der Waals surface area contributed by atoms with Crippen molar-refractivity contribution in [3.8, 4) is 5.75 Å². The average Bonchev–Trinajstić information content (AvgIpc) is 2.52. The van der Waals surface area contributed by atoms with Crippen LogP contribution in [0.4, 0.5) is 0 Å². The summed E-state index contributed by atoms with van der Waals surface area (Å²) in [5, 5.41) is 9.49. The van der Waals surface area contributed by atoms with E-state index in [9.17, 15) is 5.11 Å². The Bertz CT molecular complexity index is 566. The van der Waals surface area contributed by atoms with Gasteiger partial charge in [-0.25, -0.2) is 0 Å². The van der Waals surface area contributed by atoms with Crippen LogP contribution < -0.4 is 4.74 Å². The van der Waals surface area contributed by atoms with E-state index in [1.165, 1.54) is 16.7 Å².